The normalized spacial score (nSPS) is 14.2. The molecule has 59 heavy (non-hydrogen) atoms. The Hall–Kier alpha value is -7.21. The molecule has 3 heterocycles. The minimum atomic E-state index is -0.478. The van der Waals surface area contributed by atoms with Crippen LogP contribution in [0.4, 0.5) is 0 Å². The van der Waals surface area contributed by atoms with Crippen molar-refractivity contribution in [3.05, 3.63) is 193 Å². The highest BCUT2D eigenvalue weighted by Gasteiger charge is 2.38. The third kappa shape index (κ3) is 5.11. The van der Waals surface area contributed by atoms with E-state index in [9.17, 15) is 0 Å². The molecule has 0 atom stereocenters. The van der Waals surface area contributed by atoms with E-state index < -0.39 is 23.5 Å². The monoisotopic (exact) mass is 777 g/mol. The van der Waals surface area contributed by atoms with Crippen LogP contribution in [0.15, 0.2) is 182 Å². The van der Waals surface area contributed by atoms with Crippen molar-refractivity contribution in [3.63, 3.8) is 0 Å². The summed E-state index contributed by atoms with van der Waals surface area (Å²) in [5.41, 5.74) is 10.7. The fraction of sp³-hybridized carbons (Fsp3) is 0.0556. The minimum absolute atomic E-state index is 0.00410. The molecule has 1 aliphatic carbocycles. The molecule has 8 aromatic carbocycles. The molecule has 0 bridgehead atoms. The summed E-state index contributed by atoms with van der Waals surface area (Å²) >= 11 is 1.68. The van der Waals surface area contributed by atoms with Gasteiger partial charge in [-0.15, -0.1) is 11.3 Å². The average molecular weight is 778 g/mol. The summed E-state index contributed by atoms with van der Waals surface area (Å²) < 4.78 is 48.4. The van der Waals surface area contributed by atoms with Crippen molar-refractivity contribution < 1.29 is 6.85 Å². The standard InChI is InChI=1S/C54H36N4S/c1-54(2)45-28-12-9-21-37(45)40-25-16-27-42(48(40)54)52-55-51(34-19-7-4-8-20-34)56-53(57-52)44-32-35(58-46-29-13-10-22-38(46)39-23-11-14-30-47(39)58)31-43-41-26-15-24-36(49(41)59-50(43)44)33-17-5-3-6-18-33/h3-32H,1-2H3/i4D,7D,8D,19D,20D. The zero-order valence-electron chi connectivity index (χ0n) is 37.1. The second-order valence-electron chi connectivity index (χ2n) is 15.6. The van der Waals surface area contributed by atoms with Crippen molar-refractivity contribution in [1.29, 1.82) is 0 Å². The Morgan fingerprint density at radius 2 is 1.05 bits per heavy atom. The molecule has 12 rings (SSSR count). The predicted molar refractivity (Wildman–Crippen MR) is 246 cm³/mol. The predicted octanol–water partition coefficient (Wildman–Crippen LogP) is 14.3. The zero-order chi connectivity index (χ0) is 43.6. The van der Waals surface area contributed by atoms with E-state index in [1.54, 1.807) is 11.3 Å². The molecule has 0 unspecified atom stereocenters. The first kappa shape index (κ1) is 29.1. The van der Waals surface area contributed by atoms with E-state index >= 15 is 0 Å². The molecule has 0 amide bonds. The smallest absolute Gasteiger partial charge is 0.165 e. The van der Waals surface area contributed by atoms with Crippen LogP contribution in [0, 0.1) is 0 Å². The molecule has 0 fully saturated rings. The van der Waals surface area contributed by atoms with Gasteiger partial charge in [-0.3, -0.25) is 0 Å². The highest BCUT2D eigenvalue weighted by atomic mass is 32.1. The van der Waals surface area contributed by atoms with Gasteiger partial charge in [-0.05, 0) is 57.6 Å². The summed E-state index contributed by atoms with van der Waals surface area (Å²) in [7, 11) is 0. The van der Waals surface area contributed by atoms with Crippen molar-refractivity contribution in [3.8, 4) is 62.1 Å². The van der Waals surface area contributed by atoms with Crippen LogP contribution in [0.2, 0.25) is 0 Å². The topological polar surface area (TPSA) is 43.6 Å². The number of fused-ring (bicyclic) bond motifs is 9. The molecule has 0 spiro atoms. The van der Waals surface area contributed by atoms with Crippen LogP contribution < -0.4 is 0 Å². The lowest BCUT2D eigenvalue weighted by atomic mass is 9.80. The molecule has 0 radical (unpaired) electrons. The molecule has 0 N–H and O–H groups in total. The van der Waals surface area contributed by atoms with Gasteiger partial charge < -0.3 is 4.57 Å². The molecular weight excluding hydrogens is 737 g/mol. The Morgan fingerprint density at radius 3 is 1.83 bits per heavy atom. The van der Waals surface area contributed by atoms with Gasteiger partial charge in [0.25, 0.3) is 0 Å². The molecule has 278 valence electrons. The summed E-state index contributed by atoms with van der Waals surface area (Å²) in [6.07, 6.45) is 0. The first-order chi connectivity index (χ1) is 31.1. The minimum Gasteiger partial charge on any atom is -0.309 e. The number of hydrogen-bond donors (Lipinski definition) is 0. The number of hydrogen-bond acceptors (Lipinski definition) is 4. The lowest BCUT2D eigenvalue weighted by molar-refractivity contribution is 0.661. The highest BCUT2D eigenvalue weighted by Crippen LogP contribution is 2.52. The third-order valence-corrected chi connectivity index (χ3v) is 13.2. The van der Waals surface area contributed by atoms with Gasteiger partial charge in [0.05, 0.1) is 17.9 Å². The fourth-order valence-corrected chi connectivity index (χ4v) is 10.7. The van der Waals surface area contributed by atoms with Gasteiger partial charge in [0, 0.05) is 58.7 Å². The maximum atomic E-state index is 9.11. The van der Waals surface area contributed by atoms with E-state index in [0.717, 1.165) is 86.6 Å². The van der Waals surface area contributed by atoms with Gasteiger partial charge in [-0.1, -0.05) is 171 Å². The van der Waals surface area contributed by atoms with E-state index in [2.05, 4.69) is 152 Å². The van der Waals surface area contributed by atoms with Crippen LogP contribution in [-0.4, -0.2) is 19.5 Å². The average Bonchev–Trinajstić information content (AvgIpc) is 3.96. The molecule has 5 heteroatoms. The van der Waals surface area contributed by atoms with Crippen LogP contribution in [0.25, 0.3) is 104 Å². The van der Waals surface area contributed by atoms with E-state index in [0.29, 0.717) is 11.6 Å². The van der Waals surface area contributed by atoms with Crippen molar-refractivity contribution in [1.82, 2.24) is 19.5 Å². The SMILES string of the molecule is [2H]c1c([2H])c([2H])c(-c2nc(-c3cccc4c3C(C)(C)c3ccccc3-4)nc(-c3cc(-n4c5ccccc5c5ccccc54)cc4c3sc3c(-c5ccccc5)cccc34)n2)c([2H])c1[2H]. The van der Waals surface area contributed by atoms with Gasteiger partial charge in [-0.2, -0.15) is 0 Å². The first-order valence-corrected chi connectivity index (χ1v) is 20.5. The van der Waals surface area contributed by atoms with Gasteiger partial charge in [0.2, 0.25) is 0 Å². The summed E-state index contributed by atoms with van der Waals surface area (Å²) in [6, 6.07) is 50.5. The number of rotatable bonds is 5. The Balaban J connectivity index is 1.22. The zero-order valence-corrected chi connectivity index (χ0v) is 32.9. The summed E-state index contributed by atoms with van der Waals surface area (Å²) in [5, 5.41) is 4.38. The summed E-state index contributed by atoms with van der Waals surface area (Å²) in [6.45, 7) is 4.42. The Morgan fingerprint density at radius 1 is 0.475 bits per heavy atom. The molecule has 11 aromatic rings. The molecule has 0 aliphatic heterocycles. The van der Waals surface area contributed by atoms with E-state index in [1.807, 2.05) is 18.2 Å². The van der Waals surface area contributed by atoms with Crippen LogP contribution >= 0.6 is 11.3 Å². The largest absolute Gasteiger partial charge is 0.309 e. The molecule has 0 saturated carbocycles. The molecule has 0 saturated heterocycles. The highest BCUT2D eigenvalue weighted by molar-refractivity contribution is 7.26. The van der Waals surface area contributed by atoms with E-state index in [4.69, 9.17) is 21.8 Å². The molecule has 1 aliphatic rings. The van der Waals surface area contributed by atoms with Crippen molar-refractivity contribution in [2.45, 2.75) is 19.3 Å². The number of nitrogens with zero attached hydrogens (tertiary/aromatic N) is 4. The van der Waals surface area contributed by atoms with Crippen LogP contribution in [0.5, 0.6) is 0 Å². The second-order valence-corrected chi connectivity index (χ2v) is 16.6. The van der Waals surface area contributed by atoms with Crippen LogP contribution in [0.3, 0.4) is 0 Å². The number of thiophene rings is 1. The Bertz CT molecular complexity index is 3700. The second kappa shape index (κ2) is 12.9. The van der Waals surface area contributed by atoms with Gasteiger partial charge >= 0.3 is 0 Å². The fourth-order valence-electron chi connectivity index (χ4n) is 9.35. The quantitative estimate of drug-likeness (QED) is 0.175. The van der Waals surface area contributed by atoms with Crippen LogP contribution in [-0.2, 0) is 5.41 Å². The van der Waals surface area contributed by atoms with Crippen LogP contribution in [0.1, 0.15) is 31.8 Å². The summed E-state index contributed by atoms with van der Waals surface area (Å²) in [4.78, 5) is 15.6. The van der Waals surface area contributed by atoms with Crippen molar-refractivity contribution >= 4 is 53.3 Å². The number of benzene rings is 8. The number of para-hydroxylation sites is 2. The Kier molecular flexibility index (Phi) is 6.36. The summed E-state index contributed by atoms with van der Waals surface area (Å²) in [5.74, 6) is 0.689. The third-order valence-electron chi connectivity index (χ3n) is 11.9. The lowest BCUT2D eigenvalue weighted by Crippen LogP contribution is -2.17. The number of aromatic nitrogens is 4. The maximum absolute atomic E-state index is 9.11. The maximum Gasteiger partial charge on any atom is 0.165 e. The van der Waals surface area contributed by atoms with Gasteiger partial charge in [-0.25, -0.2) is 15.0 Å². The van der Waals surface area contributed by atoms with E-state index in [1.165, 1.54) is 5.56 Å². The van der Waals surface area contributed by atoms with Gasteiger partial charge in [0.1, 0.15) is 0 Å². The molecule has 4 nitrogen and oxygen atoms in total. The molecular formula is C54H36N4S. The van der Waals surface area contributed by atoms with Gasteiger partial charge in [0.15, 0.2) is 17.5 Å². The lowest BCUT2D eigenvalue weighted by Gasteiger charge is -2.24. The van der Waals surface area contributed by atoms with Crippen molar-refractivity contribution in [2.24, 2.45) is 0 Å². The molecule has 3 aromatic heterocycles. The van der Waals surface area contributed by atoms with E-state index in [-0.39, 0.29) is 23.5 Å². The first-order valence-electron chi connectivity index (χ1n) is 22.2. The van der Waals surface area contributed by atoms with Crippen molar-refractivity contribution in [2.75, 3.05) is 0 Å². The Labute approximate surface area is 352 Å².